The molecular weight excluding hydrogens is 603 g/mol. The second kappa shape index (κ2) is 11.8. The van der Waals surface area contributed by atoms with Gasteiger partial charge >= 0.3 is 6.01 Å². The second-order valence-corrected chi connectivity index (χ2v) is 12.6. The van der Waals surface area contributed by atoms with Crippen molar-refractivity contribution >= 4 is 49.1 Å². The summed E-state index contributed by atoms with van der Waals surface area (Å²) in [7, 11) is 3.64. The van der Waals surface area contributed by atoms with E-state index in [0.717, 1.165) is 11.3 Å². The van der Waals surface area contributed by atoms with Crippen LogP contribution in [0.3, 0.4) is 0 Å². The number of alkyl halides is 1. The highest BCUT2D eigenvalue weighted by Gasteiger charge is 2.37. The van der Waals surface area contributed by atoms with Crippen LogP contribution in [0.4, 0.5) is 24.0 Å². The molecule has 0 radical (unpaired) electrons. The first-order chi connectivity index (χ1) is 21.5. The Morgan fingerprint density at radius 2 is 2.04 bits per heavy atom. The fraction of sp³-hybridized carbons (Fsp3) is 0.375. The molecule has 2 unspecified atom stereocenters. The van der Waals surface area contributed by atoms with E-state index in [4.69, 9.17) is 15.5 Å². The fourth-order valence-corrected chi connectivity index (χ4v) is 7.55. The van der Waals surface area contributed by atoms with Crippen molar-refractivity contribution in [2.45, 2.75) is 44.1 Å². The van der Waals surface area contributed by atoms with Gasteiger partial charge in [0, 0.05) is 48.6 Å². The molecule has 45 heavy (non-hydrogen) atoms. The van der Waals surface area contributed by atoms with E-state index in [-0.39, 0.29) is 68.4 Å². The smallest absolute Gasteiger partial charge is 0.319 e. The molecule has 4 heterocycles. The number of fused-ring (bicyclic) bond motifs is 2. The number of thiophene rings is 1. The maximum absolute atomic E-state index is 16.7. The minimum atomic E-state index is -0.968. The number of halogens is 3. The number of hydrogen-bond donors (Lipinski definition) is 1. The number of carbonyl (C=O) groups is 1. The molecule has 4 aromatic rings. The summed E-state index contributed by atoms with van der Waals surface area (Å²) in [5.41, 5.74) is 6.48. The van der Waals surface area contributed by atoms with Gasteiger partial charge < -0.3 is 20.3 Å². The SMILES string of the molecule is C=CC(=O)N1CCC(N(C)c2nc(OC[C@@H]3C[C@@H](F)CN3C)nc3c(F)c(-c4ccc(F)c5sc(N)c(C#N)c45)ccc23)C1C. The van der Waals surface area contributed by atoms with E-state index in [9.17, 15) is 18.8 Å². The molecule has 0 saturated carbocycles. The molecule has 6 rings (SSSR count). The molecule has 1 amide bonds. The minimum Gasteiger partial charge on any atom is -0.462 e. The summed E-state index contributed by atoms with van der Waals surface area (Å²) >= 11 is 0.935. The Kier molecular flexibility index (Phi) is 8.05. The highest BCUT2D eigenvalue weighted by Crippen LogP contribution is 2.43. The van der Waals surface area contributed by atoms with Crippen molar-refractivity contribution in [1.29, 1.82) is 5.26 Å². The summed E-state index contributed by atoms with van der Waals surface area (Å²) in [6.45, 7) is 6.47. The third kappa shape index (κ3) is 5.21. The lowest BCUT2D eigenvalue weighted by atomic mass is 9.97. The first-order valence-electron chi connectivity index (χ1n) is 14.6. The lowest BCUT2D eigenvalue weighted by molar-refractivity contribution is -0.126. The minimum absolute atomic E-state index is 0.0358. The number of carbonyl (C=O) groups excluding carboxylic acids is 1. The summed E-state index contributed by atoms with van der Waals surface area (Å²) in [5, 5.41) is 10.6. The average Bonchev–Trinajstić information content (AvgIpc) is 3.68. The van der Waals surface area contributed by atoms with Gasteiger partial charge in [-0.15, -0.1) is 11.3 Å². The van der Waals surface area contributed by atoms with Crippen LogP contribution < -0.4 is 15.4 Å². The zero-order valence-electron chi connectivity index (χ0n) is 25.1. The molecule has 2 aliphatic heterocycles. The van der Waals surface area contributed by atoms with Crippen LogP contribution in [-0.4, -0.2) is 83.8 Å². The van der Waals surface area contributed by atoms with Crippen LogP contribution in [0.2, 0.25) is 0 Å². The second-order valence-electron chi connectivity index (χ2n) is 11.6. The third-order valence-corrected chi connectivity index (χ3v) is 10.1. The maximum atomic E-state index is 16.7. The number of nitrogen functional groups attached to an aromatic ring is 1. The van der Waals surface area contributed by atoms with E-state index < -0.39 is 17.8 Å². The Balaban J connectivity index is 1.48. The predicted molar refractivity (Wildman–Crippen MR) is 169 cm³/mol. The van der Waals surface area contributed by atoms with Crippen molar-refractivity contribution < 1.29 is 22.7 Å². The number of likely N-dealkylation sites (N-methyl/N-ethyl adjacent to an activating group) is 2. The molecule has 2 saturated heterocycles. The molecule has 0 bridgehead atoms. The Hall–Kier alpha value is -4.41. The lowest BCUT2D eigenvalue weighted by Crippen LogP contribution is -2.43. The number of nitrogens with zero attached hydrogens (tertiary/aromatic N) is 6. The summed E-state index contributed by atoms with van der Waals surface area (Å²) in [6.07, 6.45) is 1.27. The van der Waals surface area contributed by atoms with Gasteiger partial charge in [0.05, 0.1) is 16.3 Å². The maximum Gasteiger partial charge on any atom is 0.319 e. The van der Waals surface area contributed by atoms with E-state index in [1.807, 2.05) is 36.9 Å². The van der Waals surface area contributed by atoms with Crippen molar-refractivity contribution in [2.75, 3.05) is 44.4 Å². The number of likely N-dealkylation sites (tertiary alicyclic amines) is 2. The summed E-state index contributed by atoms with van der Waals surface area (Å²) in [6, 6.07) is 7.29. The van der Waals surface area contributed by atoms with E-state index in [0.29, 0.717) is 42.7 Å². The van der Waals surface area contributed by atoms with Crippen LogP contribution in [0.15, 0.2) is 36.9 Å². The van der Waals surface area contributed by atoms with E-state index >= 15 is 4.39 Å². The fourth-order valence-electron chi connectivity index (χ4n) is 6.60. The lowest BCUT2D eigenvalue weighted by Gasteiger charge is -2.32. The van der Waals surface area contributed by atoms with Gasteiger partial charge in [0.1, 0.15) is 41.0 Å². The molecular formula is C32H32F3N7O2S. The molecule has 13 heteroatoms. The number of amides is 1. The number of rotatable bonds is 7. The van der Waals surface area contributed by atoms with Crippen LogP contribution >= 0.6 is 11.3 Å². The van der Waals surface area contributed by atoms with Crippen molar-refractivity contribution in [1.82, 2.24) is 19.8 Å². The highest BCUT2D eigenvalue weighted by molar-refractivity contribution is 7.23. The number of aromatic nitrogens is 2. The van der Waals surface area contributed by atoms with E-state index in [1.165, 1.54) is 18.2 Å². The van der Waals surface area contributed by atoms with Crippen LogP contribution in [0.1, 0.15) is 25.3 Å². The summed E-state index contributed by atoms with van der Waals surface area (Å²) in [4.78, 5) is 27.1. The normalized spacial score (nSPS) is 21.8. The molecule has 0 aliphatic carbocycles. The van der Waals surface area contributed by atoms with E-state index in [2.05, 4.69) is 11.6 Å². The standard InChI is InChI=1S/C32H32F3N7O2S/c1-5-25(43)42-11-10-24(16(42)2)41(4)31-21-7-6-20(19-8-9-23(34)29-26(19)22(13-36)30(37)45-29)27(35)28(21)38-32(39-31)44-15-18-12-17(33)14-40(18)3/h5-9,16-18,24H,1,10-12,14-15,37H2,2-4H3/t16?,17-,18+,24?/m1/s1. The number of nitriles is 1. The number of hydrogen-bond acceptors (Lipinski definition) is 9. The number of anilines is 2. The Morgan fingerprint density at radius 3 is 2.73 bits per heavy atom. The third-order valence-electron chi connectivity index (χ3n) is 9.03. The molecule has 0 spiro atoms. The van der Waals surface area contributed by atoms with Gasteiger partial charge in [-0.2, -0.15) is 15.2 Å². The quantitative estimate of drug-likeness (QED) is 0.273. The van der Waals surface area contributed by atoms with Gasteiger partial charge in [0.15, 0.2) is 5.82 Å². The zero-order valence-corrected chi connectivity index (χ0v) is 25.9. The van der Waals surface area contributed by atoms with Gasteiger partial charge in [-0.3, -0.25) is 9.69 Å². The highest BCUT2D eigenvalue weighted by atomic mass is 32.1. The molecule has 2 fully saturated rings. The molecule has 4 atom stereocenters. The van der Waals surface area contributed by atoms with Crippen molar-refractivity contribution in [2.24, 2.45) is 0 Å². The molecule has 2 aromatic carbocycles. The average molecular weight is 636 g/mol. The van der Waals surface area contributed by atoms with Crippen molar-refractivity contribution in [3.8, 4) is 23.2 Å². The van der Waals surface area contributed by atoms with Gasteiger partial charge in [-0.05, 0) is 50.6 Å². The molecule has 2 aromatic heterocycles. The zero-order chi connectivity index (χ0) is 32.2. The van der Waals surface area contributed by atoms with E-state index in [1.54, 1.807) is 17.0 Å². The van der Waals surface area contributed by atoms with Crippen LogP contribution in [0.5, 0.6) is 6.01 Å². The molecule has 2 N–H and O–H groups in total. The Bertz CT molecular complexity index is 1880. The van der Waals surface area contributed by atoms with Crippen molar-refractivity contribution in [3.63, 3.8) is 0 Å². The topological polar surface area (TPSA) is 112 Å². The summed E-state index contributed by atoms with van der Waals surface area (Å²) in [5.74, 6) is -1.04. The van der Waals surface area contributed by atoms with Crippen LogP contribution in [0.25, 0.3) is 32.1 Å². The molecule has 234 valence electrons. The van der Waals surface area contributed by atoms with Gasteiger partial charge in [0.25, 0.3) is 0 Å². The monoisotopic (exact) mass is 635 g/mol. The van der Waals surface area contributed by atoms with Gasteiger partial charge in [0.2, 0.25) is 5.91 Å². The largest absolute Gasteiger partial charge is 0.462 e. The first-order valence-corrected chi connectivity index (χ1v) is 15.4. The van der Waals surface area contributed by atoms with Crippen molar-refractivity contribution in [3.05, 3.63) is 54.1 Å². The molecule has 9 nitrogen and oxygen atoms in total. The number of benzene rings is 2. The first kappa shape index (κ1) is 30.6. The van der Waals surface area contributed by atoms with Gasteiger partial charge in [-0.25, -0.2) is 13.2 Å². The Morgan fingerprint density at radius 1 is 1.29 bits per heavy atom. The molecule has 2 aliphatic rings. The van der Waals surface area contributed by atoms with Crippen LogP contribution in [0, 0.1) is 23.0 Å². The Labute approximate surface area is 262 Å². The number of nitrogens with two attached hydrogens (primary N) is 1. The number of ether oxygens (including phenoxy) is 1. The summed E-state index contributed by atoms with van der Waals surface area (Å²) < 4.78 is 51.6. The van der Waals surface area contributed by atoms with Crippen LogP contribution in [-0.2, 0) is 4.79 Å². The predicted octanol–water partition coefficient (Wildman–Crippen LogP) is 5.28. The van der Waals surface area contributed by atoms with Gasteiger partial charge in [-0.1, -0.05) is 18.7 Å².